The van der Waals surface area contributed by atoms with E-state index >= 15 is 0 Å². The van der Waals surface area contributed by atoms with E-state index in [4.69, 9.17) is 10.3 Å². The summed E-state index contributed by atoms with van der Waals surface area (Å²) in [4.78, 5) is -0.542. The Bertz CT molecular complexity index is 941. The number of primary sulfonamides is 2. The zero-order valence-electron chi connectivity index (χ0n) is 13.5. The number of tetrazole rings is 1. The van der Waals surface area contributed by atoms with Gasteiger partial charge in [0.15, 0.2) is 5.82 Å². The molecule has 1 fully saturated rings. The van der Waals surface area contributed by atoms with E-state index in [0.29, 0.717) is 6.42 Å². The van der Waals surface area contributed by atoms with Crippen molar-refractivity contribution in [3.63, 3.8) is 0 Å². The molecule has 2 aliphatic rings. The van der Waals surface area contributed by atoms with E-state index in [1.54, 1.807) is 0 Å². The molecule has 0 bridgehead atoms. The largest absolute Gasteiger partial charge is 0.395 e. The fourth-order valence-electron chi connectivity index (χ4n) is 3.78. The van der Waals surface area contributed by atoms with Crippen LogP contribution in [0.25, 0.3) is 0 Å². The predicted molar refractivity (Wildman–Crippen MR) is 90.1 cm³/mol. The molecule has 0 radical (unpaired) electrons. The summed E-state index contributed by atoms with van der Waals surface area (Å²) in [6.45, 7) is 0.120. The van der Waals surface area contributed by atoms with Gasteiger partial charge in [-0.25, -0.2) is 27.1 Å². The van der Waals surface area contributed by atoms with Crippen molar-refractivity contribution < 1.29 is 21.9 Å². The summed E-state index contributed by atoms with van der Waals surface area (Å²) in [7, 11) is -8.82. The molecule has 1 saturated heterocycles. The Hall–Kier alpha value is -1.71. The number of nitrogens with zero attached hydrogens (tertiary/aromatic N) is 3. The summed E-state index contributed by atoms with van der Waals surface area (Å²) in [5.74, 6) is -0.505. The first-order valence-corrected chi connectivity index (χ1v) is 10.8. The van der Waals surface area contributed by atoms with E-state index < -0.39 is 41.5 Å². The van der Waals surface area contributed by atoms with Crippen LogP contribution < -0.4 is 15.6 Å². The van der Waals surface area contributed by atoms with Crippen LogP contribution in [-0.4, -0.2) is 67.0 Å². The van der Waals surface area contributed by atoms with Gasteiger partial charge < -0.3 is 10.4 Å². The van der Waals surface area contributed by atoms with Crippen LogP contribution in [0.4, 0.5) is 0 Å². The molecule has 0 amide bonds. The van der Waals surface area contributed by atoms with Gasteiger partial charge in [-0.1, -0.05) is 17.4 Å². The van der Waals surface area contributed by atoms with E-state index in [-0.39, 0.29) is 25.0 Å². The fraction of sp³-hybridized carbons (Fsp3) is 0.583. The van der Waals surface area contributed by atoms with Gasteiger partial charge in [0.1, 0.15) is 5.25 Å². The number of H-pyrrole nitrogens is 1. The monoisotopic (exact) mass is 405 g/mol. The highest BCUT2D eigenvalue weighted by atomic mass is 32.2. The lowest BCUT2D eigenvalue weighted by Crippen LogP contribution is -2.55. The molecule has 12 nitrogen and oxygen atoms in total. The minimum absolute atomic E-state index is 0.0209. The molecule has 2 heterocycles. The second-order valence-electron chi connectivity index (χ2n) is 6.33. The summed E-state index contributed by atoms with van der Waals surface area (Å²) in [5.41, 5.74) is -1.52. The first-order valence-electron chi connectivity index (χ1n) is 7.62. The number of hydrogen-bond acceptors (Lipinski definition) is 9. The molecular formula is C12H19N7O5S2. The quantitative estimate of drug-likeness (QED) is 0.334. The van der Waals surface area contributed by atoms with Gasteiger partial charge in [0, 0.05) is 6.04 Å². The summed E-state index contributed by atoms with van der Waals surface area (Å²) in [6.07, 6.45) is 4.35. The molecule has 1 aromatic heterocycles. The topological polar surface area (TPSA) is 207 Å². The molecule has 3 rings (SSSR count). The summed E-state index contributed by atoms with van der Waals surface area (Å²) < 4.78 is 49.1. The zero-order valence-corrected chi connectivity index (χ0v) is 15.1. The van der Waals surface area contributed by atoms with Gasteiger partial charge in [-0.15, -0.1) is 10.2 Å². The van der Waals surface area contributed by atoms with Gasteiger partial charge in [-0.3, -0.25) is 0 Å². The second-order valence-corrected chi connectivity index (χ2v) is 9.54. The van der Waals surface area contributed by atoms with Gasteiger partial charge in [0.2, 0.25) is 20.0 Å². The molecule has 0 saturated carbocycles. The molecule has 1 aliphatic heterocycles. The summed E-state index contributed by atoms with van der Waals surface area (Å²) in [5, 5.41) is 35.0. The average molecular weight is 405 g/mol. The minimum Gasteiger partial charge on any atom is -0.395 e. The number of nitrogens with one attached hydrogen (secondary N) is 2. The Morgan fingerprint density at radius 2 is 2.04 bits per heavy atom. The Morgan fingerprint density at radius 3 is 2.54 bits per heavy atom. The molecule has 4 atom stereocenters. The molecular weight excluding hydrogens is 386 g/mol. The van der Waals surface area contributed by atoms with Crippen LogP contribution in [0.5, 0.6) is 0 Å². The number of aliphatic hydroxyl groups is 1. The highest BCUT2D eigenvalue weighted by Gasteiger charge is 2.58. The maximum atomic E-state index is 12.5. The van der Waals surface area contributed by atoms with Crippen LogP contribution in [0, 0.1) is 5.92 Å². The third-order valence-electron chi connectivity index (χ3n) is 4.83. The van der Waals surface area contributed by atoms with Crippen LogP contribution in [0.1, 0.15) is 12.2 Å². The first kappa shape index (κ1) is 19.1. The lowest BCUT2D eigenvalue weighted by molar-refractivity contribution is 0.246. The molecule has 144 valence electrons. The van der Waals surface area contributed by atoms with Crippen LogP contribution in [-0.2, 0) is 25.5 Å². The van der Waals surface area contributed by atoms with Crippen molar-refractivity contribution in [3.05, 3.63) is 29.0 Å². The standard InChI is InChI=1S/C12H19N7O5S2/c13-25(21,22)9-2-1-3-12(10(9)26(14,23)24,11-16-18-19-17-11)7-4-8(6-20)15-5-7/h1-3,7-8,10,15,20H,4-6H2,(H2,13,21,22)(H2,14,23,24)(H,16,17,18,19)/t7-,8+,10?,12?/m1/s1. The molecule has 26 heavy (non-hydrogen) atoms. The van der Waals surface area contributed by atoms with Gasteiger partial charge in [-0.05, 0) is 25.0 Å². The number of allylic oxidation sites excluding steroid dienone is 3. The molecule has 0 spiro atoms. The lowest BCUT2D eigenvalue weighted by atomic mass is 9.69. The number of aromatic amines is 1. The van der Waals surface area contributed by atoms with Gasteiger partial charge in [-0.2, -0.15) is 5.21 Å². The van der Waals surface area contributed by atoms with Gasteiger partial charge in [0.25, 0.3) is 0 Å². The SMILES string of the molecule is NS(=O)(=O)C1=CC=CC(c2nn[nH]n2)([C@H]2CN[C@H](CO)C2)C1S(N)(=O)=O. The number of sulfonamides is 2. The third-order valence-corrected chi connectivity index (χ3v) is 7.31. The Balaban J connectivity index is 2.26. The van der Waals surface area contributed by atoms with Crippen LogP contribution in [0.15, 0.2) is 23.1 Å². The van der Waals surface area contributed by atoms with Crippen molar-refractivity contribution in [1.82, 2.24) is 25.9 Å². The molecule has 7 N–H and O–H groups in total. The highest BCUT2D eigenvalue weighted by Crippen LogP contribution is 2.47. The predicted octanol–water partition coefficient (Wildman–Crippen LogP) is -3.19. The van der Waals surface area contributed by atoms with E-state index in [0.717, 1.165) is 6.08 Å². The van der Waals surface area contributed by atoms with Crippen molar-refractivity contribution in [2.75, 3.05) is 13.2 Å². The summed E-state index contributed by atoms with van der Waals surface area (Å²) >= 11 is 0. The molecule has 1 aromatic rings. The number of rotatable bonds is 5. The maximum absolute atomic E-state index is 12.5. The van der Waals surface area contributed by atoms with Crippen LogP contribution in [0.3, 0.4) is 0 Å². The van der Waals surface area contributed by atoms with Crippen molar-refractivity contribution >= 4 is 20.0 Å². The number of hydrogen-bond donors (Lipinski definition) is 5. The average Bonchev–Trinajstić information content (AvgIpc) is 3.24. The van der Waals surface area contributed by atoms with Crippen LogP contribution >= 0.6 is 0 Å². The molecule has 0 aromatic carbocycles. The van der Waals surface area contributed by atoms with E-state index in [9.17, 15) is 21.9 Å². The van der Waals surface area contributed by atoms with E-state index in [1.165, 1.54) is 12.2 Å². The first-order chi connectivity index (χ1) is 12.1. The van der Waals surface area contributed by atoms with Crippen LogP contribution in [0.2, 0.25) is 0 Å². The number of aromatic nitrogens is 4. The third kappa shape index (κ3) is 3.08. The van der Waals surface area contributed by atoms with Gasteiger partial charge >= 0.3 is 0 Å². The lowest BCUT2D eigenvalue weighted by Gasteiger charge is -2.41. The minimum atomic E-state index is -4.44. The second kappa shape index (κ2) is 6.47. The Morgan fingerprint density at radius 1 is 1.31 bits per heavy atom. The normalized spacial score (nSPS) is 32.6. The Labute approximate surface area is 149 Å². The van der Waals surface area contributed by atoms with Gasteiger partial charge in [0.05, 0.1) is 16.9 Å². The Kier molecular flexibility index (Phi) is 4.74. The number of nitrogens with two attached hydrogens (primary N) is 2. The maximum Gasteiger partial charge on any atom is 0.235 e. The molecule has 2 unspecified atom stereocenters. The van der Waals surface area contributed by atoms with E-state index in [2.05, 4.69) is 25.9 Å². The van der Waals surface area contributed by atoms with Crippen molar-refractivity contribution in [3.8, 4) is 0 Å². The zero-order chi connectivity index (χ0) is 19.2. The van der Waals surface area contributed by atoms with E-state index in [1.807, 2.05) is 0 Å². The molecule has 1 aliphatic carbocycles. The smallest absolute Gasteiger partial charge is 0.235 e. The highest BCUT2D eigenvalue weighted by molar-refractivity contribution is 7.96. The number of aliphatic hydroxyl groups excluding tert-OH is 1. The van der Waals surface area contributed by atoms with Crippen molar-refractivity contribution in [1.29, 1.82) is 0 Å². The summed E-state index contributed by atoms with van der Waals surface area (Å²) in [6, 6.07) is -0.290. The van der Waals surface area contributed by atoms with Crippen molar-refractivity contribution in [2.45, 2.75) is 23.1 Å². The van der Waals surface area contributed by atoms with Crippen molar-refractivity contribution in [2.24, 2.45) is 16.2 Å². The molecule has 14 heteroatoms. The fourth-order valence-corrected chi connectivity index (χ4v) is 6.67.